The molecule has 6 nitrogen and oxygen atoms in total. The molecule has 1 aliphatic heterocycles. The number of nitrogens with zero attached hydrogens (tertiary/aromatic N) is 1. The van der Waals surface area contributed by atoms with E-state index in [1.807, 2.05) is 48.5 Å². The van der Waals surface area contributed by atoms with Gasteiger partial charge in [0.15, 0.2) is 0 Å². The minimum Gasteiger partial charge on any atom is -0.461 e. The predicted molar refractivity (Wildman–Crippen MR) is 103 cm³/mol. The van der Waals surface area contributed by atoms with Gasteiger partial charge in [0.05, 0.1) is 12.3 Å². The van der Waals surface area contributed by atoms with E-state index in [-0.39, 0.29) is 18.2 Å². The number of esters is 2. The van der Waals surface area contributed by atoms with E-state index in [1.165, 1.54) is 11.3 Å². The number of carbonyl (C=O) groups is 2. The van der Waals surface area contributed by atoms with Crippen LogP contribution < -0.4 is 4.74 Å². The van der Waals surface area contributed by atoms with Crippen molar-refractivity contribution in [2.75, 3.05) is 6.61 Å². The van der Waals surface area contributed by atoms with Crippen molar-refractivity contribution in [1.29, 1.82) is 0 Å². The fourth-order valence-corrected chi connectivity index (χ4v) is 3.75. The second-order valence-electron chi connectivity index (χ2n) is 6.08. The first-order chi connectivity index (χ1) is 13.7. The maximum absolute atomic E-state index is 12.9. The molecule has 0 bridgehead atoms. The fraction of sp³-hybridized carbons (Fsp3) is 0.190. The van der Waals surface area contributed by atoms with Crippen LogP contribution in [0.2, 0.25) is 0 Å². The van der Waals surface area contributed by atoms with E-state index in [4.69, 9.17) is 14.2 Å². The van der Waals surface area contributed by atoms with Crippen molar-refractivity contribution in [2.45, 2.75) is 19.4 Å². The van der Waals surface area contributed by atoms with Gasteiger partial charge < -0.3 is 14.2 Å². The Balaban J connectivity index is 1.53. The molecule has 0 amide bonds. The average molecular weight is 395 g/mol. The van der Waals surface area contributed by atoms with Crippen LogP contribution >= 0.6 is 11.3 Å². The Morgan fingerprint density at radius 1 is 1.04 bits per heavy atom. The molecule has 4 rings (SSSR count). The lowest BCUT2D eigenvalue weighted by atomic mass is 9.88. The fourth-order valence-electron chi connectivity index (χ4n) is 3.05. The molecule has 0 aliphatic carbocycles. The van der Waals surface area contributed by atoms with Crippen LogP contribution in [-0.4, -0.2) is 23.5 Å². The van der Waals surface area contributed by atoms with E-state index in [0.29, 0.717) is 17.2 Å². The highest BCUT2D eigenvalue weighted by molar-refractivity contribution is 7.11. The molecule has 0 N–H and O–H groups in total. The zero-order valence-electron chi connectivity index (χ0n) is 15.1. The second-order valence-corrected chi connectivity index (χ2v) is 6.94. The van der Waals surface area contributed by atoms with Gasteiger partial charge in [-0.05, 0) is 19.1 Å². The van der Waals surface area contributed by atoms with E-state index < -0.39 is 17.9 Å². The number of carbonyl (C=O) groups excluding carboxylic acids is 2. The summed E-state index contributed by atoms with van der Waals surface area (Å²) >= 11 is 1.17. The summed E-state index contributed by atoms with van der Waals surface area (Å²) < 4.78 is 16.4. The molecule has 2 heterocycles. The minimum atomic E-state index is -0.579. The van der Waals surface area contributed by atoms with Gasteiger partial charge in [-0.3, -0.25) is 4.79 Å². The highest BCUT2D eigenvalue weighted by Crippen LogP contribution is 2.44. The number of para-hydroxylation sites is 2. The summed E-state index contributed by atoms with van der Waals surface area (Å²) in [5.74, 6) is -0.168. The van der Waals surface area contributed by atoms with E-state index in [1.54, 1.807) is 12.3 Å². The van der Waals surface area contributed by atoms with Crippen LogP contribution in [0.5, 0.6) is 11.5 Å². The maximum atomic E-state index is 12.9. The van der Waals surface area contributed by atoms with Crippen LogP contribution in [0.15, 0.2) is 53.9 Å². The first-order valence-electron chi connectivity index (χ1n) is 8.81. The Morgan fingerprint density at radius 2 is 1.68 bits per heavy atom. The summed E-state index contributed by atoms with van der Waals surface area (Å²) in [6.45, 7) is 2.00. The predicted octanol–water partition coefficient (Wildman–Crippen LogP) is 4.30. The summed E-state index contributed by atoms with van der Waals surface area (Å²) in [5, 5.41) is 1.93. The van der Waals surface area contributed by atoms with Crippen molar-refractivity contribution >= 4 is 23.3 Å². The standard InChI is InChI=1S/C21H17NO5S/c1-2-25-21(24)19-22-13(12-28-19)11-26-20(23)18-14-7-3-5-9-16(14)27-17-10-6-4-8-15(17)18/h3-10,12,18H,2,11H2,1H3. The number of thiazole rings is 1. The Kier molecular flexibility index (Phi) is 5.08. The lowest BCUT2D eigenvalue weighted by Gasteiger charge is -2.26. The van der Waals surface area contributed by atoms with Gasteiger partial charge >= 0.3 is 11.9 Å². The molecule has 7 heteroatoms. The number of rotatable bonds is 5. The Bertz CT molecular complexity index is 983. The van der Waals surface area contributed by atoms with Crippen LogP contribution in [0, 0.1) is 0 Å². The van der Waals surface area contributed by atoms with Crippen molar-refractivity contribution in [2.24, 2.45) is 0 Å². The van der Waals surface area contributed by atoms with Crippen LogP contribution in [0.3, 0.4) is 0 Å². The molecule has 0 unspecified atom stereocenters. The largest absolute Gasteiger partial charge is 0.461 e. The van der Waals surface area contributed by atoms with E-state index in [2.05, 4.69) is 4.98 Å². The molecule has 0 saturated heterocycles. The van der Waals surface area contributed by atoms with Crippen LogP contribution in [0.1, 0.15) is 39.5 Å². The number of benzene rings is 2. The first-order valence-corrected chi connectivity index (χ1v) is 9.69. The van der Waals surface area contributed by atoms with Gasteiger partial charge in [-0.15, -0.1) is 11.3 Å². The number of ether oxygens (including phenoxy) is 3. The maximum Gasteiger partial charge on any atom is 0.367 e. The van der Waals surface area contributed by atoms with Crippen molar-refractivity contribution in [3.8, 4) is 11.5 Å². The zero-order chi connectivity index (χ0) is 19.5. The Labute approximate surface area is 165 Å². The monoisotopic (exact) mass is 395 g/mol. The SMILES string of the molecule is CCOC(=O)c1nc(COC(=O)C2c3ccccc3Oc3ccccc32)cs1. The third-order valence-corrected chi connectivity index (χ3v) is 5.15. The highest BCUT2D eigenvalue weighted by Gasteiger charge is 2.33. The average Bonchev–Trinajstić information content (AvgIpc) is 3.19. The van der Waals surface area contributed by atoms with E-state index in [9.17, 15) is 9.59 Å². The van der Waals surface area contributed by atoms with Gasteiger partial charge in [-0.25, -0.2) is 9.78 Å². The molecule has 28 heavy (non-hydrogen) atoms. The molecular formula is C21H17NO5S. The number of aromatic nitrogens is 1. The second kappa shape index (κ2) is 7.82. The number of hydrogen-bond donors (Lipinski definition) is 0. The summed E-state index contributed by atoms with van der Waals surface area (Å²) in [6.07, 6.45) is 0. The molecule has 3 aromatic rings. The summed E-state index contributed by atoms with van der Waals surface area (Å²) in [5.41, 5.74) is 2.03. The van der Waals surface area contributed by atoms with E-state index >= 15 is 0 Å². The van der Waals surface area contributed by atoms with Gasteiger partial charge in [0.2, 0.25) is 5.01 Å². The summed E-state index contributed by atoms with van der Waals surface area (Å²) in [6, 6.07) is 14.8. The van der Waals surface area contributed by atoms with Crippen molar-refractivity contribution in [3.63, 3.8) is 0 Å². The third-order valence-electron chi connectivity index (χ3n) is 4.28. The zero-order valence-corrected chi connectivity index (χ0v) is 15.9. The van der Waals surface area contributed by atoms with Crippen LogP contribution in [0.25, 0.3) is 0 Å². The number of fused-ring (bicyclic) bond motifs is 2. The molecule has 0 spiro atoms. The molecule has 1 aliphatic rings. The lowest BCUT2D eigenvalue weighted by Crippen LogP contribution is -2.21. The molecule has 0 saturated carbocycles. The van der Waals surface area contributed by atoms with Crippen LogP contribution in [0.4, 0.5) is 0 Å². The van der Waals surface area contributed by atoms with Crippen molar-refractivity contribution in [1.82, 2.24) is 4.98 Å². The van der Waals surface area contributed by atoms with Gasteiger partial charge in [0.25, 0.3) is 0 Å². The quantitative estimate of drug-likeness (QED) is 0.600. The first kappa shape index (κ1) is 18.2. The normalized spacial score (nSPS) is 12.5. The van der Waals surface area contributed by atoms with Crippen molar-refractivity contribution in [3.05, 3.63) is 75.7 Å². The van der Waals surface area contributed by atoms with Gasteiger partial charge in [-0.2, -0.15) is 0 Å². The highest BCUT2D eigenvalue weighted by atomic mass is 32.1. The molecule has 0 atom stereocenters. The smallest absolute Gasteiger partial charge is 0.367 e. The molecule has 0 fully saturated rings. The summed E-state index contributed by atoms with van der Waals surface area (Å²) in [4.78, 5) is 28.8. The van der Waals surface area contributed by atoms with Gasteiger partial charge in [-0.1, -0.05) is 36.4 Å². The van der Waals surface area contributed by atoms with Crippen molar-refractivity contribution < 1.29 is 23.8 Å². The number of hydrogen-bond acceptors (Lipinski definition) is 7. The third kappa shape index (κ3) is 3.48. The minimum absolute atomic E-state index is 0.0174. The Morgan fingerprint density at radius 3 is 2.32 bits per heavy atom. The van der Waals surface area contributed by atoms with Gasteiger partial charge in [0, 0.05) is 16.5 Å². The van der Waals surface area contributed by atoms with Crippen LogP contribution in [-0.2, 0) is 20.9 Å². The Hall–Kier alpha value is -3.19. The molecule has 142 valence electrons. The topological polar surface area (TPSA) is 74.7 Å². The molecule has 1 aromatic heterocycles. The van der Waals surface area contributed by atoms with E-state index in [0.717, 1.165) is 11.1 Å². The molecular weight excluding hydrogens is 378 g/mol. The van der Waals surface area contributed by atoms with Gasteiger partial charge in [0.1, 0.15) is 24.0 Å². The lowest BCUT2D eigenvalue weighted by molar-refractivity contribution is -0.146. The molecule has 2 aromatic carbocycles. The summed E-state index contributed by atoms with van der Waals surface area (Å²) in [7, 11) is 0. The molecule has 0 radical (unpaired) electrons.